The van der Waals surface area contributed by atoms with E-state index in [1.807, 2.05) is 6.92 Å². The number of β-amino-alcohol motifs (C(OH)–C–C–N with tert-alkyl or cyclic N) is 1. The van der Waals surface area contributed by atoms with Gasteiger partial charge in [-0.05, 0) is 6.92 Å². The van der Waals surface area contributed by atoms with Crippen LogP contribution >= 0.6 is 0 Å². The zero-order valence-electron chi connectivity index (χ0n) is 6.00. The standard InChI is InChI=1S/C6H12N2O2/c1-2-8-4-5(9)3-7-6(8)10/h5,9H,2-4H2,1H3,(H,7,10)/t5-/m1/s1. The summed E-state index contributed by atoms with van der Waals surface area (Å²) in [4.78, 5) is 12.5. The fourth-order valence-corrected chi connectivity index (χ4v) is 0.991. The first-order chi connectivity index (χ1) is 4.74. The quantitative estimate of drug-likeness (QED) is 0.516. The van der Waals surface area contributed by atoms with Gasteiger partial charge in [0.15, 0.2) is 0 Å². The number of aliphatic hydroxyl groups excluding tert-OH is 1. The highest BCUT2D eigenvalue weighted by atomic mass is 16.3. The minimum atomic E-state index is -0.405. The summed E-state index contributed by atoms with van der Waals surface area (Å²) < 4.78 is 0. The van der Waals surface area contributed by atoms with E-state index in [9.17, 15) is 4.79 Å². The molecule has 1 atom stereocenters. The molecule has 1 saturated heterocycles. The predicted molar refractivity (Wildman–Crippen MR) is 36.7 cm³/mol. The van der Waals surface area contributed by atoms with Gasteiger partial charge >= 0.3 is 6.03 Å². The van der Waals surface area contributed by atoms with Gasteiger partial charge in [-0.15, -0.1) is 0 Å². The molecule has 2 amide bonds. The summed E-state index contributed by atoms with van der Waals surface area (Å²) in [5, 5.41) is 11.6. The molecule has 4 heteroatoms. The third kappa shape index (κ3) is 1.39. The van der Waals surface area contributed by atoms with E-state index in [0.29, 0.717) is 19.6 Å². The molecule has 0 aliphatic carbocycles. The lowest BCUT2D eigenvalue weighted by Crippen LogP contribution is -2.53. The van der Waals surface area contributed by atoms with Gasteiger partial charge in [-0.1, -0.05) is 0 Å². The molecule has 0 aromatic carbocycles. The van der Waals surface area contributed by atoms with Crippen molar-refractivity contribution >= 4 is 6.03 Å². The number of rotatable bonds is 1. The number of nitrogens with one attached hydrogen (secondary N) is 1. The van der Waals surface area contributed by atoms with Crippen LogP contribution in [-0.4, -0.2) is 41.8 Å². The van der Waals surface area contributed by atoms with Crippen LogP contribution in [0.25, 0.3) is 0 Å². The van der Waals surface area contributed by atoms with Gasteiger partial charge in [0.05, 0.1) is 12.6 Å². The zero-order valence-corrected chi connectivity index (χ0v) is 6.00. The maximum absolute atomic E-state index is 10.9. The van der Waals surface area contributed by atoms with Crippen molar-refractivity contribution in [3.63, 3.8) is 0 Å². The van der Waals surface area contributed by atoms with Crippen LogP contribution < -0.4 is 5.32 Å². The van der Waals surface area contributed by atoms with Gasteiger partial charge < -0.3 is 15.3 Å². The third-order valence-electron chi connectivity index (χ3n) is 1.59. The first-order valence-electron chi connectivity index (χ1n) is 3.45. The second-order valence-electron chi connectivity index (χ2n) is 2.38. The number of amides is 2. The molecule has 1 aliphatic heterocycles. The third-order valence-corrected chi connectivity index (χ3v) is 1.59. The maximum atomic E-state index is 10.9. The van der Waals surface area contributed by atoms with Gasteiger partial charge in [0.1, 0.15) is 0 Å². The summed E-state index contributed by atoms with van der Waals surface area (Å²) in [6.45, 7) is 3.39. The van der Waals surface area contributed by atoms with Crippen molar-refractivity contribution in [3.05, 3.63) is 0 Å². The SMILES string of the molecule is CCN1C[C@H](O)CNC1=O. The number of urea groups is 1. The predicted octanol–water partition coefficient (Wildman–Crippen LogP) is -0.608. The van der Waals surface area contributed by atoms with Crippen LogP contribution in [0.3, 0.4) is 0 Å². The number of aliphatic hydroxyl groups is 1. The van der Waals surface area contributed by atoms with Gasteiger partial charge in [0.25, 0.3) is 0 Å². The Bertz CT molecular complexity index is 138. The summed E-state index contributed by atoms with van der Waals surface area (Å²) >= 11 is 0. The molecule has 2 N–H and O–H groups in total. The highest BCUT2D eigenvalue weighted by molar-refractivity contribution is 5.74. The van der Waals surface area contributed by atoms with Crippen molar-refractivity contribution in [2.24, 2.45) is 0 Å². The molecule has 1 heterocycles. The highest BCUT2D eigenvalue weighted by Crippen LogP contribution is 1.98. The molecule has 0 aromatic heterocycles. The van der Waals surface area contributed by atoms with E-state index in [0.717, 1.165) is 0 Å². The first kappa shape index (κ1) is 7.34. The second kappa shape index (κ2) is 2.88. The number of carbonyl (C=O) groups is 1. The van der Waals surface area contributed by atoms with Crippen LogP contribution in [0.1, 0.15) is 6.92 Å². The minimum absolute atomic E-state index is 0.0761. The molecule has 0 unspecified atom stereocenters. The Labute approximate surface area is 59.8 Å². The summed E-state index contributed by atoms with van der Waals surface area (Å²) in [6.07, 6.45) is -0.405. The molecular weight excluding hydrogens is 132 g/mol. The summed E-state index contributed by atoms with van der Waals surface area (Å²) in [5.41, 5.74) is 0. The zero-order chi connectivity index (χ0) is 7.56. The summed E-state index contributed by atoms with van der Waals surface area (Å²) in [5.74, 6) is 0. The number of carbonyl (C=O) groups excluding carboxylic acids is 1. The first-order valence-corrected chi connectivity index (χ1v) is 3.45. The lowest BCUT2D eigenvalue weighted by atomic mass is 10.3. The monoisotopic (exact) mass is 144 g/mol. The lowest BCUT2D eigenvalue weighted by molar-refractivity contribution is 0.0985. The average Bonchev–Trinajstić information content (AvgIpc) is 1.94. The number of hydrogen-bond acceptors (Lipinski definition) is 2. The molecule has 0 radical (unpaired) electrons. The minimum Gasteiger partial charge on any atom is -0.389 e. The largest absolute Gasteiger partial charge is 0.389 e. The molecule has 58 valence electrons. The fourth-order valence-electron chi connectivity index (χ4n) is 0.991. The van der Waals surface area contributed by atoms with E-state index in [1.165, 1.54) is 0 Å². The van der Waals surface area contributed by atoms with Crippen LogP contribution in [0.2, 0.25) is 0 Å². The molecular formula is C6H12N2O2. The van der Waals surface area contributed by atoms with Gasteiger partial charge in [-0.2, -0.15) is 0 Å². The smallest absolute Gasteiger partial charge is 0.317 e. The topological polar surface area (TPSA) is 52.6 Å². The van der Waals surface area contributed by atoms with E-state index >= 15 is 0 Å². The van der Waals surface area contributed by atoms with Gasteiger partial charge in [0.2, 0.25) is 0 Å². The number of nitrogens with zero attached hydrogens (tertiary/aromatic N) is 1. The Kier molecular flexibility index (Phi) is 2.11. The van der Waals surface area contributed by atoms with Crippen molar-refractivity contribution in [1.29, 1.82) is 0 Å². The summed E-state index contributed by atoms with van der Waals surface area (Å²) in [6, 6.07) is -0.0761. The maximum Gasteiger partial charge on any atom is 0.317 e. The van der Waals surface area contributed by atoms with Crippen LogP contribution in [0, 0.1) is 0 Å². The Hall–Kier alpha value is -0.770. The molecule has 0 saturated carbocycles. The van der Waals surface area contributed by atoms with Gasteiger partial charge in [-0.3, -0.25) is 0 Å². The Morgan fingerprint density at radius 3 is 3.10 bits per heavy atom. The highest BCUT2D eigenvalue weighted by Gasteiger charge is 2.21. The Morgan fingerprint density at radius 1 is 1.90 bits per heavy atom. The van der Waals surface area contributed by atoms with Crippen molar-refractivity contribution < 1.29 is 9.90 Å². The van der Waals surface area contributed by atoms with Crippen LogP contribution in [0.4, 0.5) is 4.79 Å². The van der Waals surface area contributed by atoms with E-state index < -0.39 is 6.10 Å². The molecule has 1 aliphatic rings. The molecule has 1 rings (SSSR count). The van der Waals surface area contributed by atoms with Crippen molar-refractivity contribution in [3.8, 4) is 0 Å². The Balaban J connectivity index is 2.45. The van der Waals surface area contributed by atoms with E-state index in [2.05, 4.69) is 5.32 Å². The Morgan fingerprint density at radius 2 is 2.60 bits per heavy atom. The van der Waals surface area contributed by atoms with Gasteiger partial charge in [0, 0.05) is 13.1 Å². The van der Waals surface area contributed by atoms with Crippen molar-refractivity contribution in [2.75, 3.05) is 19.6 Å². The van der Waals surface area contributed by atoms with Gasteiger partial charge in [-0.25, -0.2) is 4.79 Å². The molecule has 4 nitrogen and oxygen atoms in total. The van der Waals surface area contributed by atoms with Crippen LogP contribution in [0.5, 0.6) is 0 Å². The molecule has 0 spiro atoms. The molecule has 1 fully saturated rings. The van der Waals surface area contributed by atoms with Crippen LogP contribution in [0.15, 0.2) is 0 Å². The molecule has 10 heavy (non-hydrogen) atoms. The van der Waals surface area contributed by atoms with E-state index in [1.54, 1.807) is 4.90 Å². The van der Waals surface area contributed by atoms with Crippen molar-refractivity contribution in [1.82, 2.24) is 10.2 Å². The number of hydrogen-bond donors (Lipinski definition) is 2. The van der Waals surface area contributed by atoms with Crippen molar-refractivity contribution in [2.45, 2.75) is 13.0 Å². The van der Waals surface area contributed by atoms with Crippen LogP contribution in [-0.2, 0) is 0 Å². The fraction of sp³-hybridized carbons (Fsp3) is 0.833. The molecule has 0 bridgehead atoms. The second-order valence-corrected chi connectivity index (χ2v) is 2.38. The average molecular weight is 144 g/mol. The lowest BCUT2D eigenvalue weighted by Gasteiger charge is -2.29. The molecule has 0 aromatic rings. The normalized spacial score (nSPS) is 26.4. The number of likely N-dealkylation sites (N-methyl/N-ethyl adjacent to an activating group) is 1. The van der Waals surface area contributed by atoms with E-state index in [-0.39, 0.29) is 6.03 Å². The summed E-state index contributed by atoms with van der Waals surface area (Å²) in [7, 11) is 0. The van der Waals surface area contributed by atoms with E-state index in [4.69, 9.17) is 5.11 Å².